The molecule has 24 heavy (non-hydrogen) atoms. The molecule has 1 rings (SSSR count). The zero-order valence-electron chi connectivity index (χ0n) is 14.6. The monoisotopic (exact) mass is 340 g/mol. The number of nitrogens with zero attached hydrogens (tertiary/aromatic N) is 1. The number of carboxylic acids is 1. The summed E-state index contributed by atoms with van der Waals surface area (Å²) in [5.41, 5.74) is 0.768. The molecule has 0 saturated heterocycles. The highest BCUT2D eigenvalue weighted by Crippen LogP contribution is 2.39. The first-order valence-corrected chi connectivity index (χ1v) is 7.37. The van der Waals surface area contributed by atoms with Crippen LogP contribution in [0.2, 0.25) is 0 Å². The van der Waals surface area contributed by atoms with Crippen LogP contribution in [0.25, 0.3) is 0 Å². The van der Waals surface area contributed by atoms with E-state index >= 15 is 0 Å². The zero-order chi connectivity index (χ0) is 18.3. The first-order chi connectivity index (χ1) is 11.3. The Hall–Kier alpha value is -2.64. The van der Waals surface area contributed by atoms with Gasteiger partial charge in [0.1, 0.15) is 0 Å². The molecule has 1 aromatic rings. The lowest BCUT2D eigenvalue weighted by molar-refractivity contribution is -0.137. The van der Waals surface area contributed by atoms with Crippen LogP contribution in [-0.2, 0) is 4.79 Å². The molecule has 0 aliphatic carbocycles. The highest BCUT2D eigenvalue weighted by atomic mass is 16.5. The Bertz CT molecular complexity index is 565. The molecule has 0 spiro atoms. The standard InChI is InChI=1S/C16H24N2O6/c1-10(17-16(21)18(2)7-6-14(19)20)11-8-12(22-3)15(24-5)13(9-11)23-4/h8-10H,6-7H2,1-5H3,(H,17,21)(H,19,20). The van der Waals surface area contributed by atoms with E-state index in [2.05, 4.69) is 5.32 Å². The number of carboxylic acid groups (broad SMARTS) is 1. The smallest absolute Gasteiger partial charge is 0.317 e. The third-order valence-corrected chi connectivity index (χ3v) is 3.53. The van der Waals surface area contributed by atoms with Gasteiger partial charge in [0.25, 0.3) is 0 Å². The van der Waals surface area contributed by atoms with Crippen LogP contribution in [0.4, 0.5) is 4.79 Å². The predicted molar refractivity (Wildman–Crippen MR) is 87.9 cm³/mol. The van der Waals surface area contributed by atoms with Gasteiger partial charge in [0.2, 0.25) is 5.75 Å². The summed E-state index contributed by atoms with van der Waals surface area (Å²) in [6.07, 6.45) is -0.109. The topological polar surface area (TPSA) is 97.3 Å². The molecule has 1 unspecified atom stereocenters. The first kappa shape index (κ1) is 19.4. The summed E-state index contributed by atoms with van der Waals surface area (Å²) in [6.45, 7) is 1.94. The number of carbonyl (C=O) groups is 2. The molecule has 0 saturated carbocycles. The lowest BCUT2D eigenvalue weighted by atomic mass is 10.1. The van der Waals surface area contributed by atoms with E-state index in [0.717, 1.165) is 5.56 Å². The Kier molecular flexibility index (Phi) is 7.16. The molecular formula is C16H24N2O6. The number of urea groups is 1. The van der Waals surface area contributed by atoms with Gasteiger partial charge in [-0.3, -0.25) is 4.79 Å². The van der Waals surface area contributed by atoms with Crippen LogP contribution in [0.5, 0.6) is 17.2 Å². The van der Waals surface area contributed by atoms with Gasteiger partial charge in [-0.2, -0.15) is 0 Å². The first-order valence-electron chi connectivity index (χ1n) is 7.37. The lowest BCUT2D eigenvalue weighted by Gasteiger charge is -2.22. The number of benzene rings is 1. The molecule has 0 aliphatic heterocycles. The molecule has 1 aromatic carbocycles. The van der Waals surface area contributed by atoms with Gasteiger partial charge in [-0.05, 0) is 24.6 Å². The van der Waals surface area contributed by atoms with Crippen molar-refractivity contribution in [3.63, 3.8) is 0 Å². The zero-order valence-corrected chi connectivity index (χ0v) is 14.6. The van der Waals surface area contributed by atoms with Crippen LogP contribution in [-0.4, -0.2) is 56.9 Å². The summed E-state index contributed by atoms with van der Waals surface area (Å²) in [5, 5.41) is 11.5. The van der Waals surface area contributed by atoms with Gasteiger partial charge in [0.15, 0.2) is 11.5 Å². The van der Waals surface area contributed by atoms with E-state index in [1.807, 2.05) is 6.92 Å². The van der Waals surface area contributed by atoms with E-state index in [1.165, 1.54) is 26.2 Å². The van der Waals surface area contributed by atoms with Crippen molar-refractivity contribution in [3.8, 4) is 17.2 Å². The highest BCUT2D eigenvalue weighted by molar-refractivity contribution is 5.75. The third-order valence-electron chi connectivity index (χ3n) is 3.53. The van der Waals surface area contributed by atoms with E-state index in [1.54, 1.807) is 19.2 Å². The van der Waals surface area contributed by atoms with Crippen molar-refractivity contribution in [1.82, 2.24) is 10.2 Å². The van der Waals surface area contributed by atoms with Crippen molar-refractivity contribution < 1.29 is 28.9 Å². The fourth-order valence-electron chi connectivity index (χ4n) is 2.10. The number of hydrogen-bond acceptors (Lipinski definition) is 5. The molecular weight excluding hydrogens is 316 g/mol. The predicted octanol–water partition coefficient (Wildman–Crippen LogP) is 1.89. The van der Waals surface area contributed by atoms with E-state index in [4.69, 9.17) is 19.3 Å². The average Bonchev–Trinajstić information content (AvgIpc) is 2.57. The second-order valence-electron chi connectivity index (χ2n) is 5.20. The van der Waals surface area contributed by atoms with Crippen molar-refractivity contribution in [1.29, 1.82) is 0 Å². The van der Waals surface area contributed by atoms with E-state index in [0.29, 0.717) is 17.2 Å². The van der Waals surface area contributed by atoms with Gasteiger partial charge in [-0.15, -0.1) is 0 Å². The van der Waals surface area contributed by atoms with Crippen LogP contribution in [0, 0.1) is 0 Å². The van der Waals surface area contributed by atoms with Crippen molar-refractivity contribution in [2.45, 2.75) is 19.4 Å². The molecule has 0 bridgehead atoms. The Labute approximate surface area is 141 Å². The molecule has 2 N–H and O–H groups in total. The number of ether oxygens (including phenoxy) is 3. The Morgan fingerprint density at radius 3 is 2.12 bits per heavy atom. The van der Waals surface area contributed by atoms with Gasteiger partial charge in [-0.1, -0.05) is 0 Å². The quantitative estimate of drug-likeness (QED) is 0.750. The third kappa shape index (κ3) is 4.94. The maximum absolute atomic E-state index is 12.1. The Morgan fingerprint density at radius 2 is 1.71 bits per heavy atom. The van der Waals surface area contributed by atoms with Crippen LogP contribution >= 0.6 is 0 Å². The number of methoxy groups -OCH3 is 3. The summed E-state index contributed by atoms with van der Waals surface area (Å²) in [6, 6.07) is 2.81. The number of carbonyl (C=O) groups excluding carboxylic acids is 1. The van der Waals surface area contributed by atoms with E-state index in [9.17, 15) is 9.59 Å². The molecule has 0 radical (unpaired) electrons. The molecule has 1 atom stereocenters. The van der Waals surface area contributed by atoms with E-state index < -0.39 is 5.97 Å². The fourth-order valence-corrected chi connectivity index (χ4v) is 2.10. The number of hydrogen-bond donors (Lipinski definition) is 2. The molecule has 8 heteroatoms. The van der Waals surface area contributed by atoms with Gasteiger partial charge in [0.05, 0.1) is 33.8 Å². The van der Waals surface area contributed by atoms with Gasteiger partial charge in [-0.25, -0.2) is 4.79 Å². The Morgan fingerprint density at radius 1 is 1.17 bits per heavy atom. The number of aliphatic carboxylic acids is 1. The van der Waals surface area contributed by atoms with Crippen LogP contribution < -0.4 is 19.5 Å². The second-order valence-corrected chi connectivity index (χ2v) is 5.20. The summed E-state index contributed by atoms with van der Waals surface area (Å²) in [4.78, 5) is 24.0. The molecule has 0 fully saturated rings. The summed E-state index contributed by atoms with van der Waals surface area (Å²) < 4.78 is 15.9. The van der Waals surface area contributed by atoms with Crippen LogP contribution in [0.15, 0.2) is 12.1 Å². The molecule has 0 aromatic heterocycles. The Balaban J connectivity index is 2.89. The molecule has 8 nitrogen and oxygen atoms in total. The van der Waals surface area contributed by atoms with E-state index in [-0.39, 0.29) is 25.0 Å². The minimum absolute atomic E-state index is 0.109. The molecule has 134 valence electrons. The average molecular weight is 340 g/mol. The van der Waals surface area contributed by atoms with Crippen LogP contribution in [0.3, 0.4) is 0 Å². The number of nitrogens with one attached hydrogen (secondary N) is 1. The summed E-state index contributed by atoms with van der Waals surface area (Å²) in [7, 11) is 6.09. The maximum atomic E-state index is 12.1. The van der Waals surface area contributed by atoms with Crippen LogP contribution in [0.1, 0.15) is 24.9 Å². The summed E-state index contributed by atoms with van der Waals surface area (Å²) >= 11 is 0. The number of rotatable bonds is 8. The SMILES string of the molecule is COc1cc(C(C)NC(=O)N(C)CCC(=O)O)cc(OC)c1OC. The van der Waals surface area contributed by atoms with Crippen molar-refractivity contribution in [3.05, 3.63) is 17.7 Å². The van der Waals surface area contributed by atoms with Crippen molar-refractivity contribution in [2.75, 3.05) is 34.9 Å². The largest absolute Gasteiger partial charge is 0.493 e. The highest BCUT2D eigenvalue weighted by Gasteiger charge is 2.19. The normalized spacial score (nSPS) is 11.4. The van der Waals surface area contributed by atoms with Gasteiger partial charge >= 0.3 is 12.0 Å². The molecule has 0 aliphatic rings. The molecule has 0 heterocycles. The minimum Gasteiger partial charge on any atom is -0.493 e. The second kappa shape index (κ2) is 8.85. The molecule has 2 amide bonds. The number of amides is 2. The maximum Gasteiger partial charge on any atom is 0.317 e. The minimum atomic E-state index is -0.952. The van der Waals surface area contributed by atoms with Gasteiger partial charge < -0.3 is 29.5 Å². The van der Waals surface area contributed by atoms with Crippen molar-refractivity contribution in [2.24, 2.45) is 0 Å². The lowest BCUT2D eigenvalue weighted by Crippen LogP contribution is -2.39. The van der Waals surface area contributed by atoms with Gasteiger partial charge in [0, 0.05) is 13.6 Å². The fraction of sp³-hybridized carbons (Fsp3) is 0.500. The van der Waals surface area contributed by atoms with Crippen molar-refractivity contribution >= 4 is 12.0 Å². The summed E-state index contributed by atoms with van der Waals surface area (Å²) in [5.74, 6) is 0.507.